The lowest BCUT2D eigenvalue weighted by Gasteiger charge is -2.40. The Morgan fingerprint density at radius 1 is 1.22 bits per heavy atom. The quantitative estimate of drug-likeness (QED) is 0.805. The normalized spacial score (nSPS) is 29.1. The van der Waals surface area contributed by atoms with Crippen molar-refractivity contribution >= 4 is 5.97 Å². The highest BCUT2D eigenvalue weighted by atomic mass is 16.4. The third-order valence-electron chi connectivity index (χ3n) is 4.37. The molecular formula is C14H25NO3. The summed E-state index contributed by atoms with van der Waals surface area (Å²) < 4.78 is 0. The van der Waals surface area contributed by atoms with Gasteiger partial charge in [0.25, 0.3) is 0 Å². The lowest BCUT2D eigenvalue weighted by Crippen LogP contribution is -2.48. The summed E-state index contributed by atoms with van der Waals surface area (Å²) in [5.41, 5.74) is -0.511. The van der Waals surface area contributed by atoms with Gasteiger partial charge < -0.3 is 15.1 Å². The average molecular weight is 255 g/mol. The molecule has 4 nitrogen and oxygen atoms in total. The van der Waals surface area contributed by atoms with Crippen LogP contribution in [0.3, 0.4) is 0 Å². The van der Waals surface area contributed by atoms with Crippen molar-refractivity contribution < 1.29 is 15.0 Å². The van der Waals surface area contributed by atoms with E-state index in [1.54, 1.807) is 0 Å². The molecule has 0 spiro atoms. The Balaban J connectivity index is 1.83. The predicted molar refractivity (Wildman–Crippen MR) is 69.5 cm³/mol. The van der Waals surface area contributed by atoms with E-state index in [0.29, 0.717) is 0 Å². The summed E-state index contributed by atoms with van der Waals surface area (Å²) >= 11 is 0. The summed E-state index contributed by atoms with van der Waals surface area (Å²) in [4.78, 5) is 13.0. The molecule has 0 aromatic rings. The molecule has 2 rings (SSSR count). The number of carboxylic acids is 1. The fourth-order valence-electron chi connectivity index (χ4n) is 3.49. The number of rotatable bonds is 4. The molecule has 0 aromatic carbocycles. The number of hydrogen-bond donors (Lipinski definition) is 2. The van der Waals surface area contributed by atoms with Gasteiger partial charge in [0.05, 0.1) is 5.60 Å². The van der Waals surface area contributed by atoms with E-state index in [1.807, 2.05) is 0 Å². The van der Waals surface area contributed by atoms with Crippen LogP contribution in [0, 0.1) is 5.92 Å². The molecule has 1 aliphatic carbocycles. The van der Waals surface area contributed by atoms with Gasteiger partial charge in [0.15, 0.2) is 0 Å². The number of nitrogens with zero attached hydrogens (tertiary/aromatic N) is 1. The van der Waals surface area contributed by atoms with Crippen molar-refractivity contribution in [3.63, 3.8) is 0 Å². The minimum Gasteiger partial charge on any atom is -0.481 e. The van der Waals surface area contributed by atoms with Crippen LogP contribution in [0.5, 0.6) is 0 Å². The summed E-state index contributed by atoms with van der Waals surface area (Å²) in [7, 11) is 0. The van der Waals surface area contributed by atoms with E-state index in [-0.39, 0.29) is 12.3 Å². The van der Waals surface area contributed by atoms with Crippen molar-refractivity contribution in [1.82, 2.24) is 4.90 Å². The first-order valence-electron chi connectivity index (χ1n) is 7.24. The molecule has 1 saturated carbocycles. The number of β-amino-alcohol motifs (C(OH)–C–C–N with tert-alkyl or cyclic N) is 1. The van der Waals surface area contributed by atoms with E-state index >= 15 is 0 Å². The van der Waals surface area contributed by atoms with E-state index < -0.39 is 11.6 Å². The molecule has 0 radical (unpaired) electrons. The van der Waals surface area contributed by atoms with Crippen molar-refractivity contribution in [2.45, 2.75) is 57.0 Å². The van der Waals surface area contributed by atoms with Crippen molar-refractivity contribution in [3.8, 4) is 0 Å². The zero-order chi connectivity index (χ0) is 13.0. The minimum atomic E-state index is -0.696. The monoisotopic (exact) mass is 255 g/mol. The van der Waals surface area contributed by atoms with Gasteiger partial charge in [0, 0.05) is 19.5 Å². The molecule has 0 aromatic heterocycles. The maximum atomic E-state index is 10.8. The van der Waals surface area contributed by atoms with E-state index in [2.05, 4.69) is 4.90 Å². The molecule has 1 saturated heterocycles. The van der Waals surface area contributed by atoms with Crippen LogP contribution in [0.1, 0.15) is 51.4 Å². The maximum Gasteiger partial charge on any atom is 0.303 e. The molecular weight excluding hydrogens is 230 g/mol. The fraction of sp³-hybridized carbons (Fsp3) is 0.929. The Hall–Kier alpha value is -0.610. The minimum absolute atomic E-state index is 0.267. The highest BCUT2D eigenvalue weighted by Gasteiger charge is 2.33. The van der Waals surface area contributed by atoms with Crippen molar-refractivity contribution in [2.75, 3.05) is 19.6 Å². The number of hydrogen-bond acceptors (Lipinski definition) is 3. The van der Waals surface area contributed by atoms with E-state index in [1.165, 1.54) is 6.42 Å². The third-order valence-corrected chi connectivity index (χ3v) is 4.37. The van der Waals surface area contributed by atoms with E-state index in [9.17, 15) is 9.90 Å². The smallest absolute Gasteiger partial charge is 0.303 e. The zero-order valence-corrected chi connectivity index (χ0v) is 11.1. The van der Waals surface area contributed by atoms with Crippen molar-refractivity contribution in [2.24, 2.45) is 5.92 Å². The van der Waals surface area contributed by atoms with Gasteiger partial charge in [0.2, 0.25) is 0 Å². The molecule has 18 heavy (non-hydrogen) atoms. The van der Waals surface area contributed by atoms with Gasteiger partial charge >= 0.3 is 5.97 Å². The second kappa shape index (κ2) is 6.02. The molecule has 1 unspecified atom stereocenters. The van der Waals surface area contributed by atoms with Gasteiger partial charge in [-0.05, 0) is 38.1 Å². The molecule has 4 heteroatoms. The van der Waals surface area contributed by atoms with Crippen LogP contribution in [0.15, 0.2) is 0 Å². The molecule has 104 valence electrons. The second-order valence-electron chi connectivity index (χ2n) is 6.13. The predicted octanol–water partition coefficient (Wildman–Crippen LogP) is 1.87. The first-order chi connectivity index (χ1) is 8.57. The highest BCUT2D eigenvalue weighted by Crippen LogP contribution is 2.30. The van der Waals surface area contributed by atoms with Crippen molar-refractivity contribution in [1.29, 1.82) is 0 Å². The highest BCUT2D eigenvalue weighted by molar-refractivity contribution is 5.67. The van der Waals surface area contributed by atoms with Gasteiger partial charge in [-0.2, -0.15) is 0 Å². The topological polar surface area (TPSA) is 60.8 Å². The van der Waals surface area contributed by atoms with Gasteiger partial charge in [-0.3, -0.25) is 4.79 Å². The van der Waals surface area contributed by atoms with E-state index in [4.69, 9.17) is 5.11 Å². The lowest BCUT2D eigenvalue weighted by molar-refractivity contribution is -0.138. The van der Waals surface area contributed by atoms with Crippen LogP contribution in [0.25, 0.3) is 0 Å². The number of piperidine rings is 1. The molecule has 0 amide bonds. The molecule has 1 atom stereocenters. The Morgan fingerprint density at radius 2 is 1.94 bits per heavy atom. The molecule has 1 heterocycles. The standard InChI is InChI=1S/C14H25NO3/c16-13(17)9-12-5-4-8-15(10-12)11-14(18)6-2-1-3-7-14/h12,18H,1-11H2,(H,16,17). The second-order valence-corrected chi connectivity index (χ2v) is 6.13. The summed E-state index contributed by atoms with van der Waals surface area (Å²) in [6.07, 6.45) is 7.67. The summed E-state index contributed by atoms with van der Waals surface area (Å²) in [6, 6.07) is 0. The number of aliphatic carboxylic acids is 1. The SMILES string of the molecule is O=C(O)CC1CCCN(CC2(O)CCCCC2)C1. The van der Waals surface area contributed by atoms with Crippen LogP contribution in [0.4, 0.5) is 0 Å². The van der Waals surface area contributed by atoms with Crippen molar-refractivity contribution in [3.05, 3.63) is 0 Å². The molecule has 2 fully saturated rings. The molecule has 2 aliphatic rings. The fourth-order valence-corrected chi connectivity index (χ4v) is 3.49. The van der Waals surface area contributed by atoms with Crippen LogP contribution in [-0.4, -0.2) is 46.3 Å². The number of aliphatic hydroxyl groups is 1. The number of likely N-dealkylation sites (tertiary alicyclic amines) is 1. The Morgan fingerprint density at radius 3 is 2.61 bits per heavy atom. The van der Waals surface area contributed by atoms with E-state index in [0.717, 1.165) is 58.2 Å². The largest absolute Gasteiger partial charge is 0.481 e. The number of carbonyl (C=O) groups is 1. The molecule has 0 bridgehead atoms. The maximum absolute atomic E-state index is 10.8. The number of carboxylic acid groups (broad SMARTS) is 1. The lowest BCUT2D eigenvalue weighted by atomic mass is 9.83. The van der Waals surface area contributed by atoms with Crippen LogP contribution in [0.2, 0.25) is 0 Å². The molecule has 1 aliphatic heterocycles. The van der Waals surface area contributed by atoms with Gasteiger partial charge in [-0.25, -0.2) is 0 Å². The Bertz CT molecular complexity index is 287. The Labute approximate surface area is 109 Å². The zero-order valence-electron chi connectivity index (χ0n) is 11.1. The molecule has 2 N–H and O–H groups in total. The van der Waals surface area contributed by atoms with Gasteiger partial charge in [-0.15, -0.1) is 0 Å². The van der Waals surface area contributed by atoms with Crippen LogP contribution >= 0.6 is 0 Å². The first-order valence-corrected chi connectivity index (χ1v) is 7.24. The third kappa shape index (κ3) is 3.95. The van der Waals surface area contributed by atoms with Crippen LogP contribution < -0.4 is 0 Å². The first kappa shape index (κ1) is 13.8. The summed E-state index contributed by atoms with van der Waals surface area (Å²) in [5, 5.41) is 19.4. The van der Waals surface area contributed by atoms with Gasteiger partial charge in [-0.1, -0.05) is 19.3 Å². The summed E-state index contributed by atoms with van der Waals surface area (Å²) in [5.74, 6) is -0.429. The van der Waals surface area contributed by atoms with Crippen LogP contribution in [-0.2, 0) is 4.79 Å². The summed E-state index contributed by atoms with van der Waals surface area (Å²) in [6.45, 7) is 2.59. The average Bonchev–Trinajstić information content (AvgIpc) is 2.28. The van der Waals surface area contributed by atoms with Gasteiger partial charge in [0.1, 0.15) is 0 Å². The Kier molecular flexibility index (Phi) is 4.62.